The maximum Gasteiger partial charge on any atom is 0.250 e. The number of carbonyl (C=O) groups excluding carboxylic acids is 2. The number of hydrogen-bond acceptors (Lipinski definition) is 6. The first kappa shape index (κ1) is 22.5. The van der Waals surface area contributed by atoms with Gasteiger partial charge in [0.2, 0.25) is 22.7 Å². The van der Waals surface area contributed by atoms with Gasteiger partial charge in [0.15, 0.2) is 0 Å². The van der Waals surface area contributed by atoms with E-state index in [-0.39, 0.29) is 17.8 Å². The van der Waals surface area contributed by atoms with Crippen LogP contribution in [0.15, 0.2) is 72.1 Å². The highest BCUT2D eigenvalue weighted by molar-refractivity contribution is 7.15. The molecule has 2 heterocycles. The van der Waals surface area contributed by atoms with Gasteiger partial charge in [0.25, 0.3) is 0 Å². The quantitative estimate of drug-likeness (QED) is 0.288. The summed E-state index contributed by atoms with van der Waals surface area (Å²) in [7, 11) is 0. The van der Waals surface area contributed by atoms with Crippen LogP contribution in [0.5, 0.6) is 5.75 Å². The van der Waals surface area contributed by atoms with Crippen molar-refractivity contribution in [3.05, 3.63) is 72.1 Å². The van der Waals surface area contributed by atoms with Gasteiger partial charge in [-0.15, -0.1) is 16.4 Å². The molecule has 8 nitrogen and oxygen atoms in total. The summed E-state index contributed by atoms with van der Waals surface area (Å²) in [6.45, 7) is 1.91. The van der Waals surface area contributed by atoms with Crippen LogP contribution < -0.4 is 15.4 Å². The zero-order chi connectivity index (χ0) is 24.2. The van der Waals surface area contributed by atoms with Gasteiger partial charge in [-0.2, -0.15) is 4.98 Å². The second-order valence-electron chi connectivity index (χ2n) is 8.02. The Morgan fingerprint density at radius 1 is 1.00 bits per heavy atom. The molecule has 0 saturated carbocycles. The molecule has 0 unspecified atom stereocenters. The van der Waals surface area contributed by atoms with Crippen LogP contribution in [0.1, 0.15) is 19.8 Å². The summed E-state index contributed by atoms with van der Waals surface area (Å²) in [4.78, 5) is 28.7. The fraction of sp³-hybridized carbons (Fsp3) is 0.154. The molecule has 5 rings (SSSR count). The van der Waals surface area contributed by atoms with Crippen molar-refractivity contribution in [3.8, 4) is 17.0 Å². The number of fused-ring (bicyclic) bond motifs is 2. The van der Waals surface area contributed by atoms with E-state index in [4.69, 9.17) is 4.74 Å². The maximum atomic E-state index is 12.4. The van der Waals surface area contributed by atoms with E-state index in [1.54, 1.807) is 4.52 Å². The zero-order valence-corrected chi connectivity index (χ0v) is 19.8. The molecule has 5 aromatic rings. The first-order chi connectivity index (χ1) is 17.0. The lowest BCUT2D eigenvalue weighted by molar-refractivity contribution is -0.116. The summed E-state index contributed by atoms with van der Waals surface area (Å²) in [5.74, 6) is 0.783. The van der Waals surface area contributed by atoms with Crippen molar-refractivity contribution in [1.82, 2.24) is 14.6 Å². The second-order valence-corrected chi connectivity index (χ2v) is 8.85. The van der Waals surface area contributed by atoms with Gasteiger partial charge < -0.3 is 10.1 Å². The molecule has 3 aromatic carbocycles. The third-order valence-corrected chi connectivity index (χ3v) is 6.19. The van der Waals surface area contributed by atoms with Gasteiger partial charge in [-0.3, -0.25) is 14.9 Å². The van der Waals surface area contributed by atoms with Gasteiger partial charge in [0.1, 0.15) is 5.75 Å². The van der Waals surface area contributed by atoms with Gasteiger partial charge in [0.05, 0.1) is 12.3 Å². The van der Waals surface area contributed by atoms with Gasteiger partial charge in [-0.1, -0.05) is 42.5 Å². The van der Waals surface area contributed by atoms with Crippen molar-refractivity contribution in [2.45, 2.75) is 19.8 Å². The highest BCUT2D eigenvalue weighted by Crippen LogP contribution is 2.27. The van der Waals surface area contributed by atoms with Crippen molar-refractivity contribution in [3.63, 3.8) is 0 Å². The Morgan fingerprint density at radius 2 is 1.80 bits per heavy atom. The number of rotatable bonds is 8. The lowest BCUT2D eigenvalue weighted by Crippen LogP contribution is -2.14. The van der Waals surface area contributed by atoms with E-state index in [2.05, 4.69) is 26.8 Å². The molecule has 0 fully saturated rings. The fourth-order valence-electron chi connectivity index (χ4n) is 3.73. The first-order valence-electron chi connectivity index (χ1n) is 11.2. The highest BCUT2D eigenvalue weighted by Gasteiger charge is 2.13. The molecule has 176 valence electrons. The topological polar surface area (TPSA) is 97.6 Å². The van der Waals surface area contributed by atoms with Crippen molar-refractivity contribution in [2.24, 2.45) is 0 Å². The van der Waals surface area contributed by atoms with Crippen LogP contribution in [0.25, 0.3) is 27.0 Å². The Hall–Kier alpha value is -4.24. The molecule has 0 aliphatic rings. The predicted octanol–water partition coefficient (Wildman–Crippen LogP) is 5.37. The number of carbonyl (C=O) groups is 2. The molecule has 0 atom stereocenters. The monoisotopic (exact) mass is 485 g/mol. The van der Waals surface area contributed by atoms with Crippen molar-refractivity contribution < 1.29 is 14.3 Å². The minimum Gasteiger partial charge on any atom is -0.494 e. The number of amides is 2. The van der Waals surface area contributed by atoms with Gasteiger partial charge in [-0.05, 0) is 41.5 Å². The molecule has 35 heavy (non-hydrogen) atoms. The largest absolute Gasteiger partial charge is 0.494 e. The van der Waals surface area contributed by atoms with Crippen LogP contribution in [0, 0.1) is 0 Å². The molecule has 0 radical (unpaired) electrons. The molecule has 0 aliphatic carbocycles. The molecular formula is C26H23N5O3S. The lowest BCUT2D eigenvalue weighted by atomic mass is 10.1. The van der Waals surface area contributed by atoms with Crippen LogP contribution in [0.4, 0.5) is 11.6 Å². The minimum atomic E-state index is -0.161. The van der Waals surface area contributed by atoms with E-state index >= 15 is 0 Å². The van der Waals surface area contributed by atoms with Gasteiger partial charge in [0, 0.05) is 30.0 Å². The van der Waals surface area contributed by atoms with Crippen molar-refractivity contribution in [2.75, 3.05) is 17.2 Å². The Morgan fingerprint density at radius 3 is 2.60 bits per heavy atom. The number of ether oxygens (including phenoxy) is 1. The number of benzene rings is 3. The average Bonchev–Trinajstić information content (AvgIpc) is 3.42. The molecule has 0 aliphatic heterocycles. The molecule has 0 saturated heterocycles. The lowest BCUT2D eigenvalue weighted by Gasteiger charge is -2.07. The Kier molecular flexibility index (Phi) is 6.40. The fourth-order valence-corrected chi connectivity index (χ4v) is 4.56. The number of nitrogens with zero attached hydrogens (tertiary/aromatic N) is 3. The summed E-state index contributed by atoms with van der Waals surface area (Å²) < 4.78 is 7.51. The Labute approximate surface area is 205 Å². The maximum absolute atomic E-state index is 12.4. The molecule has 2 N–H and O–H groups in total. The van der Waals surface area contributed by atoms with Crippen LogP contribution in [0.3, 0.4) is 0 Å². The van der Waals surface area contributed by atoms with Crippen molar-refractivity contribution >= 4 is 50.5 Å². The standard InChI is InChI=1S/C26H23N5O3S/c1-17(32)27-21-11-8-19(9-12-21)23-16-35-26-29-25(30-31(23)26)28-24(33)7-4-14-34-22-13-10-18-5-2-3-6-20(18)15-22/h2-3,5-6,8-13,15-16H,4,7,14H2,1H3,(H,27,32)(H,28,30,33). The van der Waals surface area contributed by atoms with Gasteiger partial charge >= 0.3 is 0 Å². The van der Waals surface area contributed by atoms with E-state index in [0.717, 1.165) is 33.5 Å². The summed E-state index contributed by atoms with van der Waals surface area (Å²) >= 11 is 1.44. The van der Waals surface area contributed by atoms with E-state index in [0.29, 0.717) is 24.4 Å². The second kappa shape index (κ2) is 9.94. The van der Waals surface area contributed by atoms with E-state index in [1.807, 2.05) is 66.0 Å². The number of aromatic nitrogens is 3. The van der Waals surface area contributed by atoms with Crippen LogP contribution in [-0.4, -0.2) is 33.0 Å². The normalized spacial score (nSPS) is 11.0. The third-order valence-electron chi connectivity index (χ3n) is 5.37. The SMILES string of the molecule is CC(=O)Nc1ccc(-c2csc3nc(NC(=O)CCCOc4ccc5ccccc5c4)nn23)cc1. The van der Waals surface area contributed by atoms with E-state index in [9.17, 15) is 9.59 Å². The first-order valence-corrected chi connectivity index (χ1v) is 12.1. The summed E-state index contributed by atoms with van der Waals surface area (Å²) in [6, 6.07) is 21.6. The van der Waals surface area contributed by atoms with Crippen LogP contribution >= 0.6 is 11.3 Å². The number of anilines is 2. The Bertz CT molecular complexity index is 1510. The highest BCUT2D eigenvalue weighted by atomic mass is 32.1. The van der Waals surface area contributed by atoms with Crippen molar-refractivity contribution in [1.29, 1.82) is 0 Å². The third kappa shape index (κ3) is 5.30. The summed E-state index contributed by atoms with van der Waals surface area (Å²) in [6.07, 6.45) is 0.880. The van der Waals surface area contributed by atoms with Crippen LogP contribution in [-0.2, 0) is 9.59 Å². The van der Waals surface area contributed by atoms with Gasteiger partial charge in [-0.25, -0.2) is 4.52 Å². The summed E-state index contributed by atoms with van der Waals surface area (Å²) in [5, 5.41) is 14.2. The smallest absolute Gasteiger partial charge is 0.250 e. The zero-order valence-electron chi connectivity index (χ0n) is 19.0. The Balaban J connectivity index is 1.15. The van der Waals surface area contributed by atoms with E-state index in [1.165, 1.54) is 18.3 Å². The average molecular weight is 486 g/mol. The minimum absolute atomic E-state index is 0.118. The van der Waals surface area contributed by atoms with E-state index < -0.39 is 0 Å². The molecule has 2 amide bonds. The summed E-state index contributed by atoms with van der Waals surface area (Å²) in [5.41, 5.74) is 2.51. The van der Waals surface area contributed by atoms with Crippen LogP contribution in [0.2, 0.25) is 0 Å². The molecule has 0 spiro atoms. The number of thiazole rings is 1. The predicted molar refractivity (Wildman–Crippen MR) is 138 cm³/mol. The number of hydrogen-bond donors (Lipinski definition) is 2. The molecular weight excluding hydrogens is 462 g/mol. The molecule has 9 heteroatoms. The molecule has 0 bridgehead atoms. The number of nitrogens with one attached hydrogen (secondary N) is 2. The molecule has 2 aromatic heterocycles.